The molecule has 1 aliphatic heterocycles. The summed E-state index contributed by atoms with van der Waals surface area (Å²) in [4.78, 5) is 30.2. The Bertz CT molecular complexity index is 1080. The number of aliphatic hydroxyl groups is 1. The van der Waals surface area contributed by atoms with Gasteiger partial charge >= 0.3 is 0 Å². The molecule has 1 aliphatic rings. The van der Waals surface area contributed by atoms with Crippen molar-refractivity contribution in [2.45, 2.75) is 19.9 Å². The van der Waals surface area contributed by atoms with E-state index < -0.39 is 17.7 Å². The SMILES string of the molecule is CCN(CC)CCN1C(=O)C(=O)/C(=C(/O)c2cc(OC)ccc2OC)C1c1ccccc1OC. The fourth-order valence-electron chi connectivity index (χ4n) is 4.26. The van der Waals surface area contributed by atoms with E-state index in [-0.39, 0.29) is 16.9 Å². The van der Waals surface area contributed by atoms with Crippen LogP contribution in [0.3, 0.4) is 0 Å². The first-order chi connectivity index (χ1) is 16.4. The molecule has 1 saturated heterocycles. The van der Waals surface area contributed by atoms with Crippen molar-refractivity contribution in [3.63, 3.8) is 0 Å². The molecule has 0 aliphatic carbocycles. The number of hydrogen-bond donors (Lipinski definition) is 1. The number of methoxy groups -OCH3 is 3. The van der Waals surface area contributed by atoms with Crippen molar-refractivity contribution in [1.82, 2.24) is 9.80 Å². The quantitative estimate of drug-likeness (QED) is 0.324. The predicted octanol–water partition coefficient (Wildman–Crippen LogP) is 3.48. The van der Waals surface area contributed by atoms with Gasteiger partial charge in [0.05, 0.1) is 38.5 Å². The molecule has 0 saturated carbocycles. The van der Waals surface area contributed by atoms with Crippen LogP contribution in [-0.2, 0) is 9.59 Å². The number of benzene rings is 2. The predicted molar refractivity (Wildman–Crippen MR) is 129 cm³/mol. The van der Waals surface area contributed by atoms with Gasteiger partial charge in [0, 0.05) is 18.7 Å². The smallest absolute Gasteiger partial charge is 0.295 e. The Hall–Kier alpha value is -3.52. The number of hydrogen-bond acceptors (Lipinski definition) is 7. The highest BCUT2D eigenvalue weighted by Gasteiger charge is 2.47. The van der Waals surface area contributed by atoms with Crippen LogP contribution in [-0.4, -0.2) is 74.1 Å². The maximum atomic E-state index is 13.3. The second-order valence-corrected chi connectivity index (χ2v) is 7.83. The maximum Gasteiger partial charge on any atom is 0.295 e. The normalized spacial score (nSPS) is 17.4. The van der Waals surface area contributed by atoms with E-state index in [1.54, 1.807) is 30.3 Å². The van der Waals surface area contributed by atoms with Crippen molar-refractivity contribution >= 4 is 17.4 Å². The summed E-state index contributed by atoms with van der Waals surface area (Å²) >= 11 is 0. The Morgan fingerprint density at radius 2 is 1.65 bits per heavy atom. The standard InChI is InChI=1S/C26H32N2O6/c1-6-27(7-2)14-15-28-23(18-10-8-9-11-20(18)33-4)22(25(30)26(28)31)24(29)19-16-17(32-3)12-13-21(19)34-5/h8-13,16,23,29H,6-7,14-15H2,1-5H3/b24-22+. The molecule has 1 unspecified atom stereocenters. The first-order valence-electron chi connectivity index (χ1n) is 11.3. The molecule has 1 fully saturated rings. The van der Waals surface area contributed by atoms with E-state index in [1.807, 2.05) is 26.0 Å². The molecule has 0 spiro atoms. The minimum Gasteiger partial charge on any atom is -0.507 e. The lowest BCUT2D eigenvalue weighted by atomic mass is 9.94. The number of ketones is 1. The minimum atomic E-state index is -0.817. The summed E-state index contributed by atoms with van der Waals surface area (Å²) in [5.41, 5.74) is 0.872. The van der Waals surface area contributed by atoms with Gasteiger partial charge in [0.1, 0.15) is 23.0 Å². The van der Waals surface area contributed by atoms with Crippen molar-refractivity contribution in [3.05, 3.63) is 59.2 Å². The Balaban J connectivity index is 2.22. The van der Waals surface area contributed by atoms with Crippen LogP contribution >= 0.6 is 0 Å². The number of Topliss-reactive ketones (excluding diaryl/α,β-unsaturated/α-hetero) is 1. The number of amides is 1. The molecule has 0 aromatic heterocycles. The third-order valence-electron chi connectivity index (χ3n) is 6.19. The highest BCUT2D eigenvalue weighted by Crippen LogP contribution is 2.44. The number of aliphatic hydroxyl groups excluding tert-OH is 1. The molecule has 1 amide bonds. The van der Waals surface area contributed by atoms with Gasteiger partial charge in [-0.25, -0.2) is 0 Å². The zero-order chi connectivity index (χ0) is 24.8. The van der Waals surface area contributed by atoms with Crippen molar-refractivity contribution < 1.29 is 28.9 Å². The van der Waals surface area contributed by atoms with Gasteiger partial charge in [0.25, 0.3) is 11.7 Å². The van der Waals surface area contributed by atoms with Crippen LogP contribution in [0.25, 0.3) is 5.76 Å². The van der Waals surface area contributed by atoms with E-state index in [9.17, 15) is 14.7 Å². The van der Waals surface area contributed by atoms with Gasteiger partial charge < -0.3 is 29.1 Å². The average Bonchev–Trinajstić information content (AvgIpc) is 3.13. The molecular weight excluding hydrogens is 436 g/mol. The summed E-state index contributed by atoms with van der Waals surface area (Å²) < 4.78 is 16.3. The minimum absolute atomic E-state index is 0.0133. The highest BCUT2D eigenvalue weighted by molar-refractivity contribution is 6.46. The van der Waals surface area contributed by atoms with Gasteiger partial charge in [0.15, 0.2) is 0 Å². The number of nitrogens with zero attached hydrogens (tertiary/aromatic N) is 2. The molecule has 1 atom stereocenters. The second kappa shape index (κ2) is 11.1. The van der Waals surface area contributed by atoms with Gasteiger partial charge in [0.2, 0.25) is 0 Å². The lowest BCUT2D eigenvalue weighted by Gasteiger charge is -2.29. The topological polar surface area (TPSA) is 88.5 Å². The fourth-order valence-corrected chi connectivity index (χ4v) is 4.26. The average molecular weight is 469 g/mol. The van der Waals surface area contributed by atoms with Gasteiger partial charge in [-0.2, -0.15) is 0 Å². The monoisotopic (exact) mass is 468 g/mol. The zero-order valence-electron chi connectivity index (χ0n) is 20.3. The molecule has 1 heterocycles. The van der Waals surface area contributed by atoms with Crippen LogP contribution in [0.2, 0.25) is 0 Å². The maximum absolute atomic E-state index is 13.3. The van der Waals surface area contributed by atoms with Crippen molar-refractivity contribution in [2.75, 3.05) is 47.5 Å². The van der Waals surface area contributed by atoms with Crippen LogP contribution in [0.15, 0.2) is 48.0 Å². The van der Waals surface area contributed by atoms with Crippen LogP contribution < -0.4 is 14.2 Å². The number of carbonyl (C=O) groups excluding carboxylic acids is 2. The molecule has 0 radical (unpaired) electrons. The Morgan fingerprint density at radius 3 is 2.26 bits per heavy atom. The fraction of sp³-hybridized carbons (Fsp3) is 0.385. The van der Waals surface area contributed by atoms with E-state index in [1.165, 1.54) is 26.2 Å². The molecule has 1 N–H and O–H groups in total. The molecular formula is C26H32N2O6. The van der Waals surface area contributed by atoms with Gasteiger partial charge in [-0.1, -0.05) is 32.0 Å². The highest BCUT2D eigenvalue weighted by atomic mass is 16.5. The number of para-hydroxylation sites is 1. The summed E-state index contributed by atoms with van der Waals surface area (Å²) in [6.45, 7) is 6.64. The molecule has 0 bridgehead atoms. The zero-order valence-corrected chi connectivity index (χ0v) is 20.3. The third kappa shape index (κ3) is 4.72. The second-order valence-electron chi connectivity index (χ2n) is 7.83. The van der Waals surface area contributed by atoms with Crippen LogP contribution in [0.1, 0.15) is 31.0 Å². The molecule has 2 aromatic carbocycles. The molecule has 3 rings (SSSR count). The molecule has 8 heteroatoms. The van der Waals surface area contributed by atoms with Crippen LogP contribution in [0.5, 0.6) is 17.2 Å². The molecule has 182 valence electrons. The van der Waals surface area contributed by atoms with E-state index in [0.717, 1.165) is 13.1 Å². The van der Waals surface area contributed by atoms with Crippen molar-refractivity contribution in [3.8, 4) is 17.2 Å². The summed E-state index contributed by atoms with van der Waals surface area (Å²) in [6.07, 6.45) is 0. The van der Waals surface area contributed by atoms with E-state index >= 15 is 0 Å². The molecule has 8 nitrogen and oxygen atoms in total. The number of ether oxygens (including phenoxy) is 3. The first-order valence-corrected chi connectivity index (χ1v) is 11.3. The van der Waals surface area contributed by atoms with Gasteiger partial charge in [-0.15, -0.1) is 0 Å². The van der Waals surface area contributed by atoms with E-state index in [4.69, 9.17) is 14.2 Å². The Kier molecular flexibility index (Phi) is 8.17. The summed E-state index contributed by atoms with van der Waals surface area (Å²) in [7, 11) is 4.51. The lowest BCUT2D eigenvalue weighted by molar-refractivity contribution is -0.140. The number of likely N-dealkylation sites (N-methyl/N-ethyl adjacent to an activating group) is 1. The largest absolute Gasteiger partial charge is 0.507 e. The molecule has 34 heavy (non-hydrogen) atoms. The van der Waals surface area contributed by atoms with E-state index in [2.05, 4.69) is 4.90 Å². The number of likely N-dealkylation sites (tertiary alicyclic amines) is 1. The third-order valence-corrected chi connectivity index (χ3v) is 6.19. The van der Waals surface area contributed by atoms with Gasteiger partial charge in [-0.3, -0.25) is 9.59 Å². The Labute approximate surface area is 200 Å². The van der Waals surface area contributed by atoms with Gasteiger partial charge in [-0.05, 0) is 37.4 Å². The van der Waals surface area contributed by atoms with Crippen LogP contribution in [0, 0.1) is 0 Å². The first kappa shape index (κ1) is 25.1. The number of rotatable bonds is 10. The van der Waals surface area contributed by atoms with Crippen molar-refractivity contribution in [1.29, 1.82) is 0 Å². The Morgan fingerprint density at radius 1 is 0.971 bits per heavy atom. The number of carbonyl (C=O) groups is 2. The summed E-state index contributed by atoms with van der Waals surface area (Å²) in [6, 6.07) is 11.3. The van der Waals surface area contributed by atoms with Crippen LogP contribution in [0.4, 0.5) is 0 Å². The van der Waals surface area contributed by atoms with E-state index in [0.29, 0.717) is 35.9 Å². The van der Waals surface area contributed by atoms with Crippen molar-refractivity contribution in [2.24, 2.45) is 0 Å². The molecule has 2 aromatic rings. The summed E-state index contributed by atoms with van der Waals surface area (Å²) in [5, 5.41) is 11.4. The summed E-state index contributed by atoms with van der Waals surface area (Å²) in [5.74, 6) is -0.385. The lowest BCUT2D eigenvalue weighted by Crippen LogP contribution is -2.38.